The number of halogens is 1. The highest BCUT2D eigenvalue weighted by molar-refractivity contribution is 7.98. The lowest BCUT2D eigenvalue weighted by molar-refractivity contribution is -0.169. The fourth-order valence-electron chi connectivity index (χ4n) is 3.10. The average Bonchev–Trinajstić information content (AvgIpc) is 3.18. The Labute approximate surface area is 185 Å². The van der Waals surface area contributed by atoms with E-state index in [2.05, 4.69) is 10.1 Å². The third kappa shape index (κ3) is 6.65. The minimum absolute atomic E-state index is 0.0397. The van der Waals surface area contributed by atoms with E-state index in [0.717, 1.165) is 0 Å². The Hall–Kier alpha value is -2.17. The SMILES string of the molecule is CSc1ccc(-c2noc(C(C)OC3CCN(OC(=O)OC(C)(C)C)CC3)n2)cc1F. The number of thioether (sulfide) groups is 1. The van der Waals surface area contributed by atoms with Crippen molar-refractivity contribution in [2.24, 2.45) is 0 Å². The third-order valence-electron chi connectivity index (χ3n) is 4.59. The molecule has 0 amide bonds. The summed E-state index contributed by atoms with van der Waals surface area (Å²) in [7, 11) is 0. The van der Waals surface area contributed by atoms with Gasteiger partial charge in [0.25, 0.3) is 5.89 Å². The first kappa shape index (κ1) is 23.5. The molecule has 2 aromatic rings. The number of nitrogens with zero attached hydrogens (tertiary/aromatic N) is 3. The largest absolute Gasteiger partial charge is 0.528 e. The van der Waals surface area contributed by atoms with E-state index >= 15 is 0 Å². The van der Waals surface area contributed by atoms with Crippen LogP contribution in [-0.2, 0) is 14.3 Å². The van der Waals surface area contributed by atoms with Gasteiger partial charge in [0.2, 0.25) is 5.82 Å². The molecule has 31 heavy (non-hydrogen) atoms. The molecule has 1 aromatic carbocycles. The maximum absolute atomic E-state index is 14.0. The van der Waals surface area contributed by atoms with Gasteiger partial charge in [-0.05, 0) is 65.0 Å². The van der Waals surface area contributed by atoms with Crippen LogP contribution in [-0.4, -0.2) is 52.4 Å². The molecule has 1 saturated heterocycles. The molecule has 0 saturated carbocycles. The molecule has 0 spiro atoms. The number of hydroxylamine groups is 2. The maximum Gasteiger partial charge on any atom is 0.528 e. The maximum atomic E-state index is 14.0. The summed E-state index contributed by atoms with van der Waals surface area (Å²) in [6.07, 6.45) is 2.01. The summed E-state index contributed by atoms with van der Waals surface area (Å²) in [5, 5.41) is 5.53. The lowest BCUT2D eigenvalue weighted by atomic mass is 10.1. The van der Waals surface area contributed by atoms with Crippen molar-refractivity contribution >= 4 is 17.9 Å². The minimum Gasteiger partial charge on any atom is -0.427 e. The molecule has 0 N–H and O–H groups in total. The van der Waals surface area contributed by atoms with Crippen molar-refractivity contribution in [3.63, 3.8) is 0 Å². The van der Waals surface area contributed by atoms with Crippen molar-refractivity contribution in [1.29, 1.82) is 0 Å². The zero-order valence-electron chi connectivity index (χ0n) is 18.4. The average molecular weight is 454 g/mol. The van der Waals surface area contributed by atoms with Crippen LogP contribution < -0.4 is 0 Å². The van der Waals surface area contributed by atoms with Crippen LogP contribution in [0, 0.1) is 5.82 Å². The molecule has 2 heterocycles. The smallest absolute Gasteiger partial charge is 0.427 e. The molecule has 1 unspecified atom stereocenters. The second-order valence-corrected chi connectivity index (χ2v) is 9.12. The monoisotopic (exact) mass is 453 g/mol. The van der Waals surface area contributed by atoms with E-state index in [1.165, 1.54) is 17.8 Å². The van der Waals surface area contributed by atoms with Crippen LogP contribution in [0.1, 0.15) is 52.5 Å². The van der Waals surface area contributed by atoms with Crippen molar-refractivity contribution in [1.82, 2.24) is 15.2 Å². The van der Waals surface area contributed by atoms with Crippen LogP contribution in [0.2, 0.25) is 0 Å². The van der Waals surface area contributed by atoms with Crippen LogP contribution in [0.5, 0.6) is 0 Å². The summed E-state index contributed by atoms with van der Waals surface area (Å²) in [5.74, 6) is 0.329. The number of aromatic nitrogens is 2. The molecule has 1 aliphatic heterocycles. The van der Waals surface area contributed by atoms with Crippen molar-refractivity contribution < 1.29 is 28.0 Å². The highest BCUT2D eigenvalue weighted by Gasteiger charge is 2.28. The first-order valence-electron chi connectivity index (χ1n) is 10.1. The predicted molar refractivity (Wildman–Crippen MR) is 113 cm³/mol. The van der Waals surface area contributed by atoms with Gasteiger partial charge in [0.15, 0.2) is 0 Å². The van der Waals surface area contributed by atoms with Gasteiger partial charge in [-0.3, -0.25) is 0 Å². The summed E-state index contributed by atoms with van der Waals surface area (Å²) in [4.78, 5) is 21.9. The Morgan fingerprint density at radius 3 is 2.65 bits per heavy atom. The highest BCUT2D eigenvalue weighted by Crippen LogP contribution is 2.27. The molecule has 0 bridgehead atoms. The van der Waals surface area contributed by atoms with Gasteiger partial charge >= 0.3 is 6.16 Å². The summed E-state index contributed by atoms with van der Waals surface area (Å²) < 4.78 is 30.6. The van der Waals surface area contributed by atoms with Gasteiger partial charge in [0.05, 0.1) is 6.10 Å². The molecule has 0 radical (unpaired) electrons. The fraction of sp³-hybridized carbons (Fsp3) is 0.571. The van der Waals surface area contributed by atoms with Gasteiger partial charge in [0.1, 0.15) is 17.5 Å². The Morgan fingerprint density at radius 1 is 1.32 bits per heavy atom. The standard InChI is InChI=1S/C21H28FN3O5S/c1-13(19-23-18(24-29-19)14-6-7-17(31-5)16(22)12-14)27-15-8-10-25(11-9-15)30-20(26)28-21(2,3)4/h6-7,12-13,15H,8-11H2,1-5H3. The van der Waals surface area contributed by atoms with Crippen LogP contribution >= 0.6 is 11.8 Å². The molecule has 1 fully saturated rings. The van der Waals surface area contributed by atoms with E-state index in [-0.39, 0.29) is 11.9 Å². The van der Waals surface area contributed by atoms with Gasteiger partial charge in [-0.25, -0.2) is 9.18 Å². The number of carbonyl (C=O) groups is 1. The quantitative estimate of drug-likeness (QED) is 0.442. The molecule has 170 valence electrons. The number of carbonyl (C=O) groups excluding carboxylic acids is 1. The summed E-state index contributed by atoms with van der Waals surface area (Å²) >= 11 is 1.34. The number of ether oxygens (including phenoxy) is 2. The van der Waals surface area contributed by atoms with E-state index in [9.17, 15) is 9.18 Å². The molecule has 1 atom stereocenters. The van der Waals surface area contributed by atoms with Crippen LogP contribution in [0.15, 0.2) is 27.6 Å². The molecule has 1 aromatic heterocycles. The van der Waals surface area contributed by atoms with Crippen molar-refractivity contribution in [3.05, 3.63) is 29.9 Å². The lowest BCUT2D eigenvalue weighted by Crippen LogP contribution is -2.40. The molecule has 8 nitrogen and oxygen atoms in total. The van der Waals surface area contributed by atoms with Gasteiger partial charge < -0.3 is 18.8 Å². The second kappa shape index (κ2) is 9.97. The van der Waals surface area contributed by atoms with E-state index in [4.69, 9.17) is 18.8 Å². The summed E-state index contributed by atoms with van der Waals surface area (Å²) in [6.45, 7) is 8.26. The van der Waals surface area contributed by atoms with Gasteiger partial charge in [-0.2, -0.15) is 4.98 Å². The predicted octanol–water partition coefficient (Wildman–Crippen LogP) is 5.01. The Balaban J connectivity index is 1.50. The molecule has 10 heteroatoms. The number of hydrogen-bond acceptors (Lipinski definition) is 9. The number of hydrogen-bond donors (Lipinski definition) is 0. The van der Waals surface area contributed by atoms with Gasteiger partial charge in [0, 0.05) is 23.5 Å². The van der Waals surface area contributed by atoms with E-state index in [0.29, 0.717) is 48.1 Å². The molecular formula is C21H28FN3O5S. The van der Waals surface area contributed by atoms with E-state index < -0.39 is 17.9 Å². The Morgan fingerprint density at radius 2 is 2.03 bits per heavy atom. The lowest BCUT2D eigenvalue weighted by Gasteiger charge is -2.31. The fourth-order valence-corrected chi connectivity index (χ4v) is 3.56. The molecule has 1 aliphatic rings. The van der Waals surface area contributed by atoms with Gasteiger partial charge in [-0.1, -0.05) is 5.16 Å². The van der Waals surface area contributed by atoms with Crippen molar-refractivity contribution in [3.8, 4) is 11.4 Å². The first-order chi connectivity index (χ1) is 14.6. The Kier molecular flexibility index (Phi) is 7.55. The number of rotatable bonds is 6. The third-order valence-corrected chi connectivity index (χ3v) is 5.36. The zero-order valence-corrected chi connectivity index (χ0v) is 19.2. The minimum atomic E-state index is -0.708. The number of benzene rings is 1. The van der Waals surface area contributed by atoms with E-state index in [1.807, 2.05) is 13.2 Å². The summed E-state index contributed by atoms with van der Waals surface area (Å²) in [6, 6.07) is 4.85. The highest BCUT2D eigenvalue weighted by atomic mass is 32.2. The molecule has 3 rings (SSSR count). The van der Waals surface area contributed by atoms with Crippen LogP contribution in [0.25, 0.3) is 11.4 Å². The zero-order chi connectivity index (χ0) is 22.6. The summed E-state index contributed by atoms with van der Waals surface area (Å²) in [5.41, 5.74) is -0.0512. The van der Waals surface area contributed by atoms with Gasteiger partial charge in [-0.15, -0.1) is 16.8 Å². The van der Waals surface area contributed by atoms with Crippen molar-refractivity contribution in [2.45, 2.75) is 63.2 Å². The topological polar surface area (TPSA) is 86.9 Å². The van der Waals surface area contributed by atoms with Crippen LogP contribution in [0.3, 0.4) is 0 Å². The van der Waals surface area contributed by atoms with Crippen molar-refractivity contribution in [2.75, 3.05) is 19.3 Å². The number of piperidine rings is 1. The molecule has 0 aliphatic carbocycles. The first-order valence-corrected chi connectivity index (χ1v) is 11.4. The van der Waals surface area contributed by atoms with E-state index in [1.54, 1.807) is 38.0 Å². The molecular weight excluding hydrogens is 425 g/mol. The Bertz CT molecular complexity index is 893. The normalized spacial score (nSPS) is 16.8. The van der Waals surface area contributed by atoms with Crippen LogP contribution in [0.4, 0.5) is 9.18 Å². The second-order valence-electron chi connectivity index (χ2n) is 8.27.